The number of β-amino-alcohol motifs (C(OH)–C–C–N with tert-alkyl or cyclic N) is 1. The quantitative estimate of drug-likeness (QED) is 0.480. The maximum atomic E-state index is 15.0. The van der Waals surface area contributed by atoms with Crippen LogP contribution in [0, 0.1) is 11.7 Å². The second-order valence-corrected chi connectivity index (χ2v) is 7.94. The number of ether oxygens (including phenoxy) is 1. The molecule has 1 aliphatic heterocycles. The van der Waals surface area contributed by atoms with E-state index in [1.165, 1.54) is 18.5 Å². The summed E-state index contributed by atoms with van der Waals surface area (Å²) in [5, 5.41) is 13.3. The van der Waals surface area contributed by atoms with Crippen LogP contribution in [0.3, 0.4) is 0 Å². The number of aliphatic hydroxyl groups is 1. The Hall–Kier alpha value is -3.12. The van der Waals surface area contributed by atoms with Gasteiger partial charge in [0.25, 0.3) is 0 Å². The summed E-state index contributed by atoms with van der Waals surface area (Å²) in [6.07, 6.45) is 1.17. The summed E-state index contributed by atoms with van der Waals surface area (Å²) in [4.78, 5) is 22.4. The van der Waals surface area contributed by atoms with Gasteiger partial charge in [0.2, 0.25) is 11.7 Å². The molecule has 0 radical (unpaired) electrons. The number of likely N-dealkylation sites (tertiary alicyclic amines) is 1. The van der Waals surface area contributed by atoms with E-state index in [-0.39, 0.29) is 36.4 Å². The van der Waals surface area contributed by atoms with E-state index in [4.69, 9.17) is 5.73 Å². The molecule has 0 bridgehead atoms. The standard InChI is InChI=1S/C21H27F3N6O3/c1-29(9-13-2-4-15(5-3-13)33-21(23)24)20-18(22)19(27-12-28-20)26-8-14-6-7-30(10-16(14)31)11-17(25)32/h2-5,12,14,16,21,31H,6-11H2,1H3,(H2,25,32)(H,26,27,28). The number of halogens is 3. The first-order valence-electron chi connectivity index (χ1n) is 10.4. The number of aliphatic hydroxyl groups excluding tert-OH is 1. The Labute approximate surface area is 189 Å². The van der Waals surface area contributed by atoms with E-state index in [9.17, 15) is 18.7 Å². The summed E-state index contributed by atoms with van der Waals surface area (Å²) in [6, 6.07) is 6.05. The number of alkyl halides is 2. The number of benzene rings is 1. The first-order valence-corrected chi connectivity index (χ1v) is 10.4. The Kier molecular flexibility index (Phi) is 8.28. The Morgan fingerprint density at radius 1 is 1.36 bits per heavy atom. The molecule has 3 rings (SSSR count). The number of primary amides is 1. The van der Waals surface area contributed by atoms with Crippen molar-refractivity contribution in [3.05, 3.63) is 42.0 Å². The molecule has 1 aromatic carbocycles. The van der Waals surface area contributed by atoms with Crippen LogP contribution in [0.2, 0.25) is 0 Å². The fourth-order valence-electron chi connectivity index (χ4n) is 3.75. The van der Waals surface area contributed by atoms with Gasteiger partial charge in [-0.15, -0.1) is 0 Å². The predicted molar refractivity (Wildman–Crippen MR) is 115 cm³/mol. The smallest absolute Gasteiger partial charge is 0.387 e. The number of rotatable bonds is 10. The minimum atomic E-state index is -2.90. The third-order valence-electron chi connectivity index (χ3n) is 5.42. The van der Waals surface area contributed by atoms with E-state index in [1.54, 1.807) is 29.0 Å². The average molecular weight is 468 g/mol. The molecule has 180 valence electrons. The lowest BCUT2D eigenvalue weighted by molar-refractivity contribution is -0.120. The van der Waals surface area contributed by atoms with Crippen molar-refractivity contribution >= 4 is 17.5 Å². The highest BCUT2D eigenvalue weighted by atomic mass is 19.3. The summed E-state index contributed by atoms with van der Waals surface area (Å²) in [6.45, 7) is -1.31. The summed E-state index contributed by atoms with van der Waals surface area (Å²) < 4.78 is 43.9. The van der Waals surface area contributed by atoms with Crippen molar-refractivity contribution in [3.8, 4) is 5.75 Å². The summed E-state index contributed by atoms with van der Waals surface area (Å²) >= 11 is 0. The number of aromatic nitrogens is 2. The molecule has 2 unspecified atom stereocenters. The third-order valence-corrected chi connectivity index (χ3v) is 5.42. The van der Waals surface area contributed by atoms with Crippen molar-refractivity contribution in [1.82, 2.24) is 14.9 Å². The molecular formula is C21H27F3N6O3. The number of nitrogens with zero attached hydrogens (tertiary/aromatic N) is 4. The number of nitrogens with two attached hydrogens (primary N) is 1. The fourth-order valence-corrected chi connectivity index (χ4v) is 3.75. The van der Waals surface area contributed by atoms with E-state index in [1.807, 2.05) is 0 Å². The molecule has 1 aromatic heterocycles. The second kappa shape index (κ2) is 11.1. The molecule has 0 saturated carbocycles. The number of amides is 1. The molecule has 1 fully saturated rings. The molecule has 0 spiro atoms. The molecule has 2 heterocycles. The van der Waals surface area contributed by atoms with E-state index >= 15 is 4.39 Å². The zero-order valence-electron chi connectivity index (χ0n) is 18.1. The Balaban J connectivity index is 1.58. The van der Waals surface area contributed by atoms with E-state index in [0.29, 0.717) is 26.1 Å². The molecule has 1 saturated heterocycles. The Morgan fingerprint density at radius 2 is 2.09 bits per heavy atom. The molecule has 4 N–H and O–H groups in total. The van der Waals surface area contributed by atoms with Crippen molar-refractivity contribution in [3.63, 3.8) is 0 Å². The van der Waals surface area contributed by atoms with Crippen LogP contribution in [0.4, 0.5) is 24.8 Å². The second-order valence-electron chi connectivity index (χ2n) is 7.94. The number of nitrogens with one attached hydrogen (secondary N) is 1. The molecule has 12 heteroatoms. The van der Waals surface area contributed by atoms with Crippen LogP contribution < -0.4 is 20.7 Å². The van der Waals surface area contributed by atoms with E-state index in [0.717, 1.165) is 5.56 Å². The van der Waals surface area contributed by atoms with Crippen LogP contribution in [0.25, 0.3) is 0 Å². The molecule has 2 aromatic rings. The molecule has 1 aliphatic rings. The molecule has 1 amide bonds. The largest absolute Gasteiger partial charge is 0.435 e. The molecule has 33 heavy (non-hydrogen) atoms. The highest BCUT2D eigenvalue weighted by molar-refractivity contribution is 5.75. The minimum absolute atomic E-state index is 0.0132. The van der Waals surface area contributed by atoms with Gasteiger partial charge in [0.15, 0.2) is 11.6 Å². The topological polar surface area (TPSA) is 117 Å². The monoisotopic (exact) mass is 468 g/mol. The zero-order valence-corrected chi connectivity index (χ0v) is 18.1. The van der Waals surface area contributed by atoms with Crippen LogP contribution in [0.15, 0.2) is 30.6 Å². The van der Waals surface area contributed by atoms with E-state index < -0.39 is 24.4 Å². The number of hydrogen-bond donors (Lipinski definition) is 3. The first-order chi connectivity index (χ1) is 15.7. The summed E-state index contributed by atoms with van der Waals surface area (Å²) in [5.74, 6) is -1.11. The molecular weight excluding hydrogens is 441 g/mol. The van der Waals surface area contributed by atoms with Crippen molar-refractivity contribution < 1.29 is 27.8 Å². The van der Waals surface area contributed by atoms with Gasteiger partial charge in [-0.05, 0) is 30.7 Å². The third kappa shape index (κ3) is 6.93. The van der Waals surface area contributed by atoms with Gasteiger partial charge >= 0.3 is 6.61 Å². The number of hydrogen-bond acceptors (Lipinski definition) is 8. The van der Waals surface area contributed by atoms with Crippen molar-refractivity contribution in [2.24, 2.45) is 11.7 Å². The average Bonchev–Trinajstić information content (AvgIpc) is 2.74. The van der Waals surface area contributed by atoms with Crippen LogP contribution >= 0.6 is 0 Å². The number of carbonyl (C=O) groups excluding carboxylic acids is 1. The number of anilines is 2. The van der Waals surface area contributed by atoms with Crippen LogP contribution in [0.5, 0.6) is 5.75 Å². The van der Waals surface area contributed by atoms with Gasteiger partial charge in [-0.2, -0.15) is 13.2 Å². The van der Waals surface area contributed by atoms with Crippen LogP contribution in [-0.4, -0.2) is 71.8 Å². The highest BCUT2D eigenvalue weighted by Gasteiger charge is 2.28. The number of carbonyl (C=O) groups is 1. The lowest BCUT2D eigenvalue weighted by atomic mass is 9.94. The highest BCUT2D eigenvalue weighted by Crippen LogP contribution is 2.24. The fraction of sp³-hybridized carbons (Fsp3) is 0.476. The van der Waals surface area contributed by atoms with Gasteiger partial charge in [0.05, 0.1) is 12.6 Å². The van der Waals surface area contributed by atoms with Gasteiger partial charge in [-0.3, -0.25) is 9.69 Å². The molecule has 0 aliphatic carbocycles. The molecule has 2 atom stereocenters. The van der Waals surface area contributed by atoms with Crippen molar-refractivity contribution in [1.29, 1.82) is 0 Å². The first kappa shape index (κ1) is 24.5. The lowest BCUT2D eigenvalue weighted by Crippen LogP contribution is -2.48. The number of piperidine rings is 1. The molecule has 9 nitrogen and oxygen atoms in total. The maximum absolute atomic E-state index is 15.0. The Morgan fingerprint density at radius 3 is 2.73 bits per heavy atom. The van der Waals surface area contributed by atoms with Crippen molar-refractivity contribution in [2.75, 3.05) is 43.4 Å². The predicted octanol–water partition coefficient (Wildman–Crippen LogP) is 1.43. The van der Waals surface area contributed by atoms with Gasteiger partial charge in [0.1, 0.15) is 12.1 Å². The van der Waals surface area contributed by atoms with Crippen LogP contribution in [-0.2, 0) is 11.3 Å². The van der Waals surface area contributed by atoms with Gasteiger partial charge in [-0.1, -0.05) is 12.1 Å². The Bertz CT molecular complexity index is 934. The van der Waals surface area contributed by atoms with Crippen LogP contribution in [0.1, 0.15) is 12.0 Å². The normalized spacial score (nSPS) is 18.8. The van der Waals surface area contributed by atoms with Gasteiger partial charge in [0, 0.05) is 32.6 Å². The zero-order chi connectivity index (χ0) is 24.0. The van der Waals surface area contributed by atoms with Crippen molar-refractivity contribution in [2.45, 2.75) is 25.7 Å². The minimum Gasteiger partial charge on any atom is -0.435 e. The summed E-state index contributed by atoms with van der Waals surface area (Å²) in [7, 11) is 1.65. The van der Waals surface area contributed by atoms with E-state index in [2.05, 4.69) is 20.0 Å². The lowest BCUT2D eigenvalue weighted by Gasteiger charge is -2.35. The van der Waals surface area contributed by atoms with Gasteiger partial charge in [-0.25, -0.2) is 9.97 Å². The summed E-state index contributed by atoms with van der Waals surface area (Å²) in [5.41, 5.74) is 5.95. The maximum Gasteiger partial charge on any atom is 0.387 e. The SMILES string of the molecule is CN(Cc1ccc(OC(F)F)cc1)c1ncnc(NCC2CCN(CC(N)=O)CC2O)c1F. The van der Waals surface area contributed by atoms with Gasteiger partial charge < -0.3 is 25.8 Å².